The molecule has 0 fully saturated rings. The van der Waals surface area contributed by atoms with Crippen molar-refractivity contribution in [2.24, 2.45) is 0 Å². The molecule has 0 amide bonds. The maximum atomic E-state index is 10.2. The Balaban J connectivity index is 2.58. The van der Waals surface area contributed by atoms with Gasteiger partial charge in [-0.3, -0.25) is 0 Å². The molecule has 1 aliphatic heterocycles. The molecule has 0 aromatic heterocycles. The summed E-state index contributed by atoms with van der Waals surface area (Å²) < 4.78 is -0.326. The van der Waals surface area contributed by atoms with Gasteiger partial charge in [0.05, 0.1) is 0 Å². The second-order valence-corrected chi connectivity index (χ2v) is 4.77. The molecule has 1 heterocycles. The fraction of sp³-hybridized carbons (Fsp3) is 0.400. The third-order valence-electron chi connectivity index (χ3n) is 0.932. The molecule has 8 heavy (non-hydrogen) atoms. The lowest BCUT2D eigenvalue weighted by Gasteiger charge is -2.08. The van der Waals surface area contributed by atoms with Gasteiger partial charge in [0.15, 0.2) is 0 Å². The van der Waals surface area contributed by atoms with E-state index in [0.29, 0.717) is 0 Å². The zero-order chi connectivity index (χ0) is 6.04. The van der Waals surface area contributed by atoms with E-state index >= 15 is 0 Å². The number of hydrogen-bond acceptors (Lipinski definition) is 2. The minimum atomic E-state index is -0.326. The van der Waals surface area contributed by atoms with Crippen LogP contribution in [0.2, 0.25) is 0 Å². The average molecular weight is 193 g/mol. The normalized spacial score (nSPS) is 35.6. The van der Waals surface area contributed by atoms with Gasteiger partial charge in [0, 0.05) is 0 Å². The van der Waals surface area contributed by atoms with Crippen molar-refractivity contribution in [1.82, 2.24) is 0 Å². The number of rotatable bonds is 1. The smallest absolute Gasteiger partial charge is 0.147 e. The van der Waals surface area contributed by atoms with Crippen molar-refractivity contribution in [2.45, 2.75) is 10.1 Å². The lowest BCUT2D eigenvalue weighted by atomic mass is 10.3. The number of carbonyl (C=O) groups excluding carboxylic acids is 1. The third-order valence-corrected chi connectivity index (χ3v) is 2.99. The van der Waals surface area contributed by atoms with Gasteiger partial charge >= 0.3 is 0 Å². The van der Waals surface area contributed by atoms with E-state index in [1.807, 2.05) is 11.5 Å². The van der Waals surface area contributed by atoms with Gasteiger partial charge in [-0.1, -0.05) is 22.0 Å². The lowest BCUT2D eigenvalue weighted by molar-refractivity contribution is -0.107. The number of aldehydes is 1. The number of allylic oxidation sites excluding steroid dienone is 1. The zero-order valence-electron chi connectivity index (χ0n) is 4.13. The Morgan fingerprint density at radius 2 is 2.62 bits per heavy atom. The number of halogens is 1. The van der Waals surface area contributed by atoms with Crippen LogP contribution in [0.15, 0.2) is 11.5 Å². The molecule has 1 unspecified atom stereocenters. The Bertz CT molecular complexity index is 124. The van der Waals surface area contributed by atoms with Gasteiger partial charge in [-0.2, -0.15) is 0 Å². The minimum Gasteiger partial charge on any atom is -0.301 e. The summed E-state index contributed by atoms with van der Waals surface area (Å²) in [6.45, 7) is 0. The molecular formula is C5H5BrOS. The van der Waals surface area contributed by atoms with E-state index in [-0.39, 0.29) is 3.66 Å². The first-order valence-corrected chi connectivity index (χ1v) is 3.92. The summed E-state index contributed by atoms with van der Waals surface area (Å²) in [4.78, 5) is 10.2. The highest BCUT2D eigenvalue weighted by atomic mass is 79.9. The molecule has 1 nitrogen and oxygen atoms in total. The van der Waals surface area contributed by atoms with Crippen molar-refractivity contribution in [3.63, 3.8) is 0 Å². The molecule has 0 aromatic carbocycles. The first-order chi connectivity index (χ1) is 3.77. The summed E-state index contributed by atoms with van der Waals surface area (Å²) in [6, 6.07) is 0. The molecule has 1 atom stereocenters. The molecule has 1 aliphatic rings. The zero-order valence-corrected chi connectivity index (χ0v) is 6.54. The Labute approximate surface area is 60.7 Å². The van der Waals surface area contributed by atoms with Gasteiger partial charge in [0.2, 0.25) is 0 Å². The summed E-state index contributed by atoms with van der Waals surface area (Å²) >= 11 is 4.79. The molecule has 0 aromatic rings. The standard InChI is InChI=1S/C5H5BrOS/c6-5(4-7)2-1-3-8-5/h1,3-4H,2H2. The van der Waals surface area contributed by atoms with Crippen molar-refractivity contribution in [3.05, 3.63) is 11.5 Å². The van der Waals surface area contributed by atoms with Gasteiger partial charge in [0.1, 0.15) is 9.94 Å². The highest BCUT2D eigenvalue weighted by Gasteiger charge is 2.27. The van der Waals surface area contributed by atoms with E-state index in [1.54, 1.807) is 0 Å². The van der Waals surface area contributed by atoms with E-state index < -0.39 is 0 Å². The molecule has 0 radical (unpaired) electrons. The van der Waals surface area contributed by atoms with Crippen LogP contribution in [0.5, 0.6) is 0 Å². The van der Waals surface area contributed by atoms with E-state index in [2.05, 4.69) is 15.9 Å². The molecule has 44 valence electrons. The molecular weight excluding hydrogens is 188 g/mol. The molecule has 0 aliphatic carbocycles. The molecule has 1 rings (SSSR count). The first kappa shape index (κ1) is 6.36. The largest absolute Gasteiger partial charge is 0.301 e. The second-order valence-electron chi connectivity index (χ2n) is 1.60. The third kappa shape index (κ3) is 1.14. The van der Waals surface area contributed by atoms with Crippen LogP contribution in [-0.2, 0) is 4.79 Å². The maximum Gasteiger partial charge on any atom is 0.147 e. The maximum absolute atomic E-state index is 10.2. The topological polar surface area (TPSA) is 17.1 Å². The Morgan fingerprint density at radius 3 is 2.88 bits per heavy atom. The van der Waals surface area contributed by atoms with E-state index in [9.17, 15) is 4.79 Å². The Kier molecular flexibility index (Phi) is 1.77. The summed E-state index contributed by atoms with van der Waals surface area (Å²) in [6.07, 6.45) is 3.71. The molecule has 0 bridgehead atoms. The molecule has 0 N–H and O–H groups in total. The van der Waals surface area contributed by atoms with Crippen LogP contribution in [0.25, 0.3) is 0 Å². The monoisotopic (exact) mass is 192 g/mol. The fourth-order valence-corrected chi connectivity index (χ4v) is 1.67. The highest BCUT2D eigenvalue weighted by Crippen LogP contribution is 2.39. The first-order valence-electron chi connectivity index (χ1n) is 2.25. The predicted molar refractivity (Wildman–Crippen MR) is 39.1 cm³/mol. The van der Waals surface area contributed by atoms with Crippen LogP contribution in [0.3, 0.4) is 0 Å². The molecule has 0 saturated carbocycles. The minimum absolute atomic E-state index is 0.326. The van der Waals surface area contributed by atoms with Gasteiger partial charge < -0.3 is 4.79 Å². The van der Waals surface area contributed by atoms with Crippen LogP contribution in [-0.4, -0.2) is 9.94 Å². The van der Waals surface area contributed by atoms with Crippen molar-refractivity contribution < 1.29 is 4.79 Å². The van der Waals surface area contributed by atoms with Crippen molar-refractivity contribution >= 4 is 34.0 Å². The van der Waals surface area contributed by atoms with E-state index in [4.69, 9.17) is 0 Å². The van der Waals surface area contributed by atoms with E-state index in [1.165, 1.54) is 11.8 Å². The van der Waals surface area contributed by atoms with Crippen LogP contribution < -0.4 is 0 Å². The van der Waals surface area contributed by atoms with E-state index in [0.717, 1.165) is 12.7 Å². The van der Waals surface area contributed by atoms with Gasteiger partial charge in [-0.25, -0.2) is 0 Å². The summed E-state index contributed by atoms with van der Waals surface area (Å²) in [5.74, 6) is 0. The molecule has 0 saturated heterocycles. The summed E-state index contributed by atoms with van der Waals surface area (Å²) in [5.41, 5.74) is 0. The van der Waals surface area contributed by atoms with Crippen molar-refractivity contribution in [3.8, 4) is 0 Å². The van der Waals surface area contributed by atoms with Crippen LogP contribution in [0.1, 0.15) is 6.42 Å². The SMILES string of the molecule is O=CC1(Br)CC=CS1. The summed E-state index contributed by atoms with van der Waals surface area (Å²) in [5, 5.41) is 1.93. The van der Waals surface area contributed by atoms with Crippen molar-refractivity contribution in [2.75, 3.05) is 0 Å². The predicted octanol–water partition coefficient (Wildman–Crippen LogP) is 1.93. The summed E-state index contributed by atoms with van der Waals surface area (Å²) in [7, 11) is 0. The van der Waals surface area contributed by atoms with Crippen LogP contribution in [0.4, 0.5) is 0 Å². The van der Waals surface area contributed by atoms with Gasteiger partial charge in [-0.15, -0.1) is 11.8 Å². The van der Waals surface area contributed by atoms with Crippen LogP contribution >= 0.6 is 27.7 Å². The van der Waals surface area contributed by atoms with Crippen molar-refractivity contribution in [1.29, 1.82) is 0 Å². The Morgan fingerprint density at radius 1 is 1.88 bits per heavy atom. The molecule has 0 spiro atoms. The van der Waals surface area contributed by atoms with Gasteiger partial charge in [-0.05, 0) is 11.8 Å². The number of alkyl halides is 1. The quantitative estimate of drug-likeness (QED) is 0.467. The van der Waals surface area contributed by atoms with Crippen LogP contribution in [0, 0.1) is 0 Å². The average Bonchev–Trinajstić information content (AvgIpc) is 2.17. The molecule has 3 heteroatoms. The van der Waals surface area contributed by atoms with Gasteiger partial charge in [0.25, 0.3) is 0 Å². The number of hydrogen-bond donors (Lipinski definition) is 0. The highest BCUT2D eigenvalue weighted by molar-refractivity contribution is 9.12. The Hall–Kier alpha value is 0.240. The lowest BCUT2D eigenvalue weighted by Crippen LogP contribution is -2.11. The fourth-order valence-electron chi connectivity index (χ4n) is 0.494. The second kappa shape index (κ2) is 2.23. The number of carbonyl (C=O) groups is 1. The number of thioether (sulfide) groups is 1.